The van der Waals surface area contributed by atoms with E-state index in [9.17, 15) is 13.6 Å². The van der Waals surface area contributed by atoms with Gasteiger partial charge in [-0.05, 0) is 12.1 Å². The highest BCUT2D eigenvalue weighted by Gasteiger charge is 2.19. The Morgan fingerprint density at radius 3 is 2.59 bits per heavy atom. The average molecular weight is 247 g/mol. The standard InChI is InChI=1S/C10H11F2NO4/c11-6-1-2-7(13-3-5(15)4-14)8(9(6)12)10(16)17/h1-2,5,13-15H,3-4H2,(H,16,17). The molecule has 1 atom stereocenters. The summed E-state index contributed by atoms with van der Waals surface area (Å²) in [4.78, 5) is 10.8. The Balaban J connectivity index is 2.99. The fourth-order valence-electron chi connectivity index (χ4n) is 1.20. The van der Waals surface area contributed by atoms with Crippen molar-refractivity contribution < 1.29 is 28.9 Å². The van der Waals surface area contributed by atoms with E-state index in [0.29, 0.717) is 0 Å². The number of nitrogens with one attached hydrogen (secondary N) is 1. The maximum Gasteiger partial charge on any atom is 0.340 e. The highest BCUT2D eigenvalue weighted by molar-refractivity contribution is 5.94. The summed E-state index contributed by atoms with van der Waals surface area (Å²) in [7, 11) is 0. The first kappa shape index (κ1) is 13.3. The summed E-state index contributed by atoms with van der Waals surface area (Å²) in [5.41, 5.74) is -1.00. The van der Waals surface area contributed by atoms with Crippen LogP contribution in [-0.2, 0) is 0 Å². The molecule has 0 aromatic heterocycles. The Bertz CT molecular complexity index is 425. The van der Waals surface area contributed by atoms with E-state index in [1.54, 1.807) is 0 Å². The van der Waals surface area contributed by atoms with Crippen molar-refractivity contribution in [3.05, 3.63) is 29.3 Å². The SMILES string of the molecule is O=C(O)c1c(NCC(O)CO)ccc(F)c1F. The quantitative estimate of drug-likeness (QED) is 0.605. The van der Waals surface area contributed by atoms with Crippen molar-refractivity contribution in [1.29, 1.82) is 0 Å². The van der Waals surface area contributed by atoms with Crippen LogP contribution in [0.2, 0.25) is 0 Å². The van der Waals surface area contributed by atoms with E-state index in [-0.39, 0.29) is 12.2 Å². The number of aliphatic hydroxyl groups excluding tert-OH is 2. The fourth-order valence-corrected chi connectivity index (χ4v) is 1.20. The lowest BCUT2D eigenvalue weighted by Crippen LogP contribution is -2.24. The van der Waals surface area contributed by atoms with Crippen molar-refractivity contribution in [1.82, 2.24) is 0 Å². The molecular formula is C10H11F2NO4. The van der Waals surface area contributed by atoms with Crippen molar-refractivity contribution in [2.75, 3.05) is 18.5 Å². The van der Waals surface area contributed by atoms with Crippen molar-refractivity contribution in [3.8, 4) is 0 Å². The molecule has 0 spiro atoms. The molecule has 0 heterocycles. The van der Waals surface area contributed by atoms with Gasteiger partial charge in [0.2, 0.25) is 0 Å². The zero-order valence-electron chi connectivity index (χ0n) is 8.65. The summed E-state index contributed by atoms with van der Waals surface area (Å²) < 4.78 is 26.0. The third-order valence-corrected chi connectivity index (χ3v) is 2.05. The molecule has 1 rings (SSSR count). The van der Waals surface area contributed by atoms with Crippen LogP contribution in [0.25, 0.3) is 0 Å². The van der Waals surface area contributed by atoms with Crippen LogP contribution in [-0.4, -0.2) is 40.5 Å². The molecule has 0 bridgehead atoms. The molecule has 7 heteroatoms. The first-order valence-corrected chi connectivity index (χ1v) is 4.71. The van der Waals surface area contributed by atoms with E-state index in [1.165, 1.54) is 0 Å². The van der Waals surface area contributed by atoms with Crippen molar-refractivity contribution in [2.24, 2.45) is 0 Å². The molecule has 0 aliphatic carbocycles. The van der Waals surface area contributed by atoms with E-state index in [4.69, 9.17) is 15.3 Å². The van der Waals surface area contributed by atoms with Crippen molar-refractivity contribution in [2.45, 2.75) is 6.10 Å². The number of carboxylic acids is 1. The average Bonchev–Trinajstić information content (AvgIpc) is 2.29. The monoisotopic (exact) mass is 247 g/mol. The molecule has 0 aliphatic rings. The molecule has 94 valence electrons. The molecule has 0 saturated carbocycles. The largest absolute Gasteiger partial charge is 0.478 e. The van der Waals surface area contributed by atoms with Gasteiger partial charge in [-0.3, -0.25) is 0 Å². The molecule has 1 aromatic rings. The molecule has 0 aliphatic heterocycles. The van der Waals surface area contributed by atoms with Crippen LogP contribution in [0.3, 0.4) is 0 Å². The number of carbonyl (C=O) groups is 1. The van der Waals surface area contributed by atoms with Crippen LogP contribution in [0, 0.1) is 11.6 Å². The predicted octanol–water partition coefficient (Wildman–Crippen LogP) is 0.428. The summed E-state index contributed by atoms with van der Waals surface area (Å²) in [6.07, 6.45) is -1.12. The Hall–Kier alpha value is -1.73. The van der Waals surface area contributed by atoms with Crippen LogP contribution >= 0.6 is 0 Å². The summed E-state index contributed by atoms with van der Waals surface area (Å²) in [5, 5.41) is 28.7. The first-order chi connectivity index (χ1) is 7.97. The third-order valence-electron chi connectivity index (χ3n) is 2.05. The van der Waals surface area contributed by atoms with E-state index >= 15 is 0 Å². The second kappa shape index (κ2) is 5.55. The maximum absolute atomic E-state index is 13.2. The number of carboxylic acid groups (broad SMARTS) is 1. The molecule has 1 aromatic carbocycles. The van der Waals surface area contributed by atoms with Crippen LogP contribution in [0.15, 0.2) is 12.1 Å². The first-order valence-electron chi connectivity index (χ1n) is 4.71. The Labute approximate surface area is 95.3 Å². The van der Waals surface area contributed by atoms with Gasteiger partial charge in [0.25, 0.3) is 0 Å². The molecule has 0 fully saturated rings. The Morgan fingerprint density at radius 1 is 1.41 bits per heavy atom. The van der Waals surface area contributed by atoms with E-state index < -0.39 is 35.9 Å². The minimum atomic E-state index is -1.62. The highest BCUT2D eigenvalue weighted by Crippen LogP contribution is 2.21. The van der Waals surface area contributed by atoms with Crippen LogP contribution in [0.1, 0.15) is 10.4 Å². The lowest BCUT2D eigenvalue weighted by atomic mass is 10.1. The molecule has 17 heavy (non-hydrogen) atoms. The minimum Gasteiger partial charge on any atom is -0.478 e. The summed E-state index contributed by atoms with van der Waals surface area (Å²) in [6, 6.07) is 1.82. The summed E-state index contributed by atoms with van der Waals surface area (Å²) in [5.74, 6) is -4.36. The van der Waals surface area contributed by atoms with Gasteiger partial charge in [-0.2, -0.15) is 0 Å². The van der Waals surface area contributed by atoms with Crippen LogP contribution in [0.4, 0.5) is 14.5 Å². The molecule has 4 N–H and O–H groups in total. The number of rotatable bonds is 5. The lowest BCUT2D eigenvalue weighted by molar-refractivity contribution is 0.0691. The number of benzene rings is 1. The van der Waals surface area contributed by atoms with Gasteiger partial charge < -0.3 is 20.6 Å². The van der Waals surface area contributed by atoms with Gasteiger partial charge in [0.15, 0.2) is 11.6 Å². The molecule has 0 amide bonds. The normalized spacial score (nSPS) is 12.2. The van der Waals surface area contributed by atoms with Gasteiger partial charge in [0.05, 0.1) is 18.4 Å². The van der Waals surface area contributed by atoms with Gasteiger partial charge in [0.1, 0.15) is 5.56 Å². The highest BCUT2D eigenvalue weighted by atomic mass is 19.2. The van der Waals surface area contributed by atoms with Crippen LogP contribution in [0.5, 0.6) is 0 Å². The van der Waals surface area contributed by atoms with Crippen molar-refractivity contribution >= 4 is 11.7 Å². The predicted molar refractivity (Wildman–Crippen MR) is 54.9 cm³/mol. The number of aliphatic hydroxyl groups is 2. The summed E-state index contributed by atoms with van der Waals surface area (Å²) >= 11 is 0. The van der Waals surface area contributed by atoms with E-state index in [0.717, 1.165) is 12.1 Å². The molecule has 0 saturated heterocycles. The Morgan fingerprint density at radius 2 is 2.06 bits per heavy atom. The number of halogens is 2. The fraction of sp³-hybridized carbons (Fsp3) is 0.300. The number of hydrogen-bond acceptors (Lipinski definition) is 4. The number of anilines is 1. The Kier molecular flexibility index (Phi) is 4.36. The van der Waals surface area contributed by atoms with Gasteiger partial charge >= 0.3 is 5.97 Å². The molecule has 0 radical (unpaired) electrons. The van der Waals surface area contributed by atoms with Gasteiger partial charge in [-0.1, -0.05) is 0 Å². The second-order valence-electron chi connectivity index (χ2n) is 3.31. The van der Waals surface area contributed by atoms with Gasteiger partial charge in [-0.15, -0.1) is 0 Å². The van der Waals surface area contributed by atoms with E-state index in [2.05, 4.69) is 5.32 Å². The van der Waals surface area contributed by atoms with E-state index in [1.807, 2.05) is 0 Å². The molecular weight excluding hydrogens is 236 g/mol. The summed E-state index contributed by atoms with van der Waals surface area (Å²) in [6.45, 7) is -0.707. The number of aromatic carboxylic acids is 1. The zero-order valence-corrected chi connectivity index (χ0v) is 8.65. The molecule has 5 nitrogen and oxygen atoms in total. The maximum atomic E-state index is 13.2. The number of hydrogen-bond donors (Lipinski definition) is 4. The van der Waals surface area contributed by atoms with Gasteiger partial charge in [0, 0.05) is 6.54 Å². The van der Waals surface area contributed by atoms with Crippen molar-refractivity contribution in [3.63, 3.8) is 0 Å². The zero-order chi connectivity index (χ0) is 13.0. The lowest BCUT2D eigenvalue weighted by Gasteiger charge is -2.13. The van der Waals surface area contributed by atoms with Crippen LogP contribution < -0.4 is 5.32 Å². The smallest absolute Gasteiger partial charge is 0.340 e. The molecule has 1 unspecified atom stereocenters. The minimum absolute atomic E-state index is 0.163. The second-order valence-corrected chi connectivity index (χ2v) is 3.31. The topological polar surface area (TPSA) is 89.8 Å². The third kappa shape index (κ3) is 3.11. The van der Waals surface area contributed by atoms with Gasteiger partial charge in [-0.25, -0.2) is 13.6 Å².